The Kier molecular flexibility index (Phi) is 4.08. The zero-order chi connectivity index (χ0) is 13.9. The van der Waals surface area contributed by atoms with Gasteiger partial charge in [0.25, 0.3) is 0 Å². The molecule has 1 amide bonds. The predicted molar refractivity (Wildman–Crippen MR) is 67.8 cm³/mol. The molecule has 2 fully saturated rings. The minimum atomic E-state index is -0.809. The first-order chi connectivity index (χ1) is 9.13. The zero-order valence-electron chi connectivity index (χ0n) is 11.4. The van der Waals surface area contributed by atoms with Crippen LogP contribution in [0.25, 0.3) is 0 Å². The van der Waals surface area contributed by atoms with Crippen molar-refractivity contribution in [1.29, 1.82) is 5.26 Å². The first-order valence-corrected chi connectivity index (χ1v) is 7.00. The molecule has 1 aliphatic carbocycles. The van der Waals surface area contributed by atoms with Gasteiger partial charge in [-0.3, -0.25) is 9.59 Å². The molecule has 0 N–H and O–H groups in total. The van der Waals surface area contributed by atoms with Crippen LogP contribution in [0.1, 0.15) is 39.0 Å². The number of carbonyl (C=O) groups is 2. The number of piperidine rings is 1. The van der Waals surface area contributed by atoms with Crippen LogP contribution >= 0.6 is 0 Å². The van der Waals surface area contributed by atoms with Gasteiger partial charge < -0.3 is 9.64 Å². The van der Waals surface area contributed by atoms with Crippen molar-refractivity contribution in [2.45, 2.75) is 39.0 Å². The summed E-state index contributed by atoms with van der Waals surface area (Å²) in [5.74, 6) is -0.539. The Bertz CT molecular complexity index is 409. The molecule has 5 nitrogen and oxygen atoms in total. The van der Waals surface area contributed by atoms with E-state index in [9.17, 15) is 14.9 Å². The van der Waals surface area contributed by atoms with E-state index in [-0.39, 0.29) is 17.8 Å². The maximum atomic E-state index is 12.4. The molecular weight excluding hydrogens is 244 g/mol. The smallest absolute Gasteiger partial charge is 0.310 e. The van der Waals surface area contributed by atoms with Crippen molar-refractivity contribution in [2.75, 3.05) is 19.7 Å². The SMILES string of the molecule is CCOC(=O)C1CCCN(C(=O)C2(C#N)CCC2)C1. The van der Waals surface area contributed by atoms with Gasteiger partial charge in [0.1, 0.15) is 5.41 Å². The van der Waals surface area contributed by atoms with E-state index >= 15 is 0 Å². The third kappa shape index (κ3) is 2.58. The molecule has 0 aromatic heterocycles. The molecule has 1 unspecified atom stereocenters. The van der Waals surface area contributed by atoms with Gasteiger partial charge in [-0.2, -0.15) is 5.26 Å². The molecule has 0 spiro atoms. The summed E-state index contributed by atoms with van der Waals surface area (Å²) in [6.07, 6.45) is 3.82. The second-order valence-corrected chi connectivity index (χ2v) is 5.39. The lowest BCUT2D eigenvalue weighted by Crippen LogP contribution is -2.51. The second-order valence-electron chi connectivity index (χ2n) is 5.39. The maximum absolute atomic E-state index is 12.4. The fraction of sp³-hybridized carbons (Fsp3) is 0.786. The number of ether oxygens (including phenoxy) is 1. The highest BCUT2D eigenvalue weighted by molar-refractivity contribution is 5.87. The topological polar surface area (TPSA) is 70.4 Å². The Labute approximate surface area is 113 Å². The summed E-state index contributed by atoms with van der Waals surface area (Å²) >= 11 is 0. The van der Waals surface area contributed by atoms with Gasteiger partial charge in [-0.05, 0) is 39.0 Å². The summed E-state index contributed by atoms with van der Waals surface area (Å²) in [6.45, 7) is 3.20. The van der Waals surface area contributed by atoms with Crippen LogP contribution in [0.2, 0.25) is 0 Å². The summed E-state index contributed by atoms with van der Waals surface area (Å²) < 4.78 is 5.02. The average Bonchev–Trinajstić information content (AvgIpc) is 2.38. The summed E-state index contributed by atoms with van der Waals surface area (Å²) in [7, 11) is 0. The third-order valence-electron chi connectivity index (χ3n) is 4.16. The highest BCUT2D eigenvalue weighted by atomic mass is 16.5. The quantitative estimate of drug-likeness (QED) is 0.724. The number of likely N-dealkylation sites (tertiary alicyclic amines) is 1. The van der Waals surface area contributed by atoms with Crippen molar-refractivity contribution >= 4 is 11.9 Å². The summed E-state index contributed by atoms with van der Waals surface area (Å²) in [5, 5.41) is 9.21. The summed E-state index contributed by atoms with van der Waals surface area (Å²) in [4.78, 5) is 25.8. The largest absolute Gasteiger partial charge is 0.466 e. The number of nitrogens with zero attached hydrogens (tertiary/aromatic N) is 2. The van der Waals surface area contributed by atoms with Crippen molar-refractivity contribution in [1.82, 2.24) is 4.90 Å². The fourth-order valence-electron chi connectivity index (χ4n) is 2.82. The molecule has 104 valence electrons. The Morgan fingerprint density at radius 2 is 2.16 bits per heavy atom. The lowest BCUT2D eigenvalue weighted by molar-refractivity contribution is -0.153. The van der Waals surface area contributed by atoms with E-state index in [1.54, 1.807) is 11.8 Å². The van der Waals surface area contributed by atoms with Crippen LogP contribution < -0.4 is 0 Å². The average molecular weight is 264 g/mol. The minimum absolute atomic E-state index is 0.0877. The highest BCUT2D eigenvalue weighted by Crippen LogP contribution is 2.42. The zero-order valence-corrected chi connectivity index (χ0v) is 11.4. The van der Waals surface area contributed by atoms with Gasteiger partial charge in [0, 0.05) is 13.1 Å². The van der Waals surface area contributed by atoms with Crippen molar-refractivity contribution in [3.8, 4) is 6.07 Å². The molecule has 1 saturated heterocycles. The third-order valence-corrected chi connectivity index (χ3v) is 4.16. The van der Waals surface area contributed by atoms with E-state index in [2.05, 4.69) is 6.07 Å². The van der Waals surface area contributed by atoms with Crippen molar-refractivity contribution in [3.05, 3.63) is 0 Å². The van der Waals surface area contributed by atoms with Gasteiger partial charge in [0.15, 0.2) is 0 Å². The van der Waals surface area contributed by atoms with Crippen LogP contribution in [-0.2, 0) is 14.3 Å². The Morgan fingerprint density at radius 1 is 1.42 bits per heavy atom. The second kappa shape index (κ2) is 5.60. The van der Waals surface area contributed by atoms with Crippen LogP contribution in [0.4, 0.5) is 0 Å². The Balaban J connectivity index is 1.99. The molecule has 19 heavy (non-hydrogen) atoms. The number of esters is 1. The molecule has 1 aliphatic heterocycles. The Morgan fingerprint density at radius 3 is 2.68 bits per heavy atom. The predicted octanol–water partition coefficient (Wildman–Crippen LogP) is 1.48. The van der Waals surface area contributed by atoms with Gasteiger partial charge in [0.2, 0.25) is 5.91 Å². The molecule has 0 aromatic carbocycles. The Hall–Kier alpha value is -1.57. The summed E-state index contributed by atoms with van der Waals surface area (Å²) in [6, 6.07) is 2.17. The standard InChI is InChI=1S/C14H20N2O3/c1-2-19-12(17)11-5-3-8-16(9-11)13(18)14(10-15)6-4-7-14/h11H,2-9H2,1H3. The molecule has 5 heteroatoms. The minimum Gasteiger partial charge on any atom is -0.466 e. The maximum Gasteiger partial charge on any atom is 0.310 e. The van der Waals surface area contributed by atoms with E-state index < -0.39 is 5.41 Å². The lowest BCUT2D eigenvalue weighted by Gasteiger charge is -2.40. The molecule has 0 bridgehead atoms. The first-order valence-electron chi connectivity index (χ1n) is 7.00. The lowest BCUT2D eigenvalue weighted by atomic mass is 9.68. The van der Waals surface area contributed by atoms with Gasteiger partial charge >= 0.3 is 5.97 Å². The molecule has 0 radical (unpaired) electrons. The number of hydrogen-bond acceptors (Lipinski definition) is 4. The first kappa shape index (κ1) is 13.9. The van der Waals surface area contributed by atoms with Crippen LogP contribution in [0.15, 0.2) is 0 Å². The van der Waals surface area contributed by atoms with Gasteiger partial charge in [-0.1, -0.05) is 0 Å². The van der Waals surface area contributed by atoms with Crippen LogP contribution in [0.5, 0.6) is 0 Å². The summed E-state index contributed by atoms with van der Waals surface area (Å²) in [5.41, 5.74) is -0.809. The van der Waals surface area contributed by atoms with Gasteiger partial charge in [-0.15, -0.1) is 0 Å². The molecule has 2 aliphatic rings. The monoisotopic (exact) mass is 264 g/mol. The van der Waals surface area contributed by atoms with Crippen LogP contribution in [0, 0.1) is 22.7 Å². The number of carbonyl (C=O) groups excluding carboxylic acids is 2. The van der Waals surface area contributed by atoms with Gasteiger partial charge in [-0.25, -0.2) is 0 Å². The molecule has 1 heterocycles. The van der Waals surface area contributed by atoms with Crippen molar-refractivity contribution < 1.29 is 14.3 Å². The van der Waals surface area contributed by atoms with Crippen molar-refractivity contribution in [2.24, 2.45) is 11.3 Å². The van der Waals surface area contributed by atoms with E-state index in [0.29, 0.717) is 32.5 Å². The van der Waals surface area contributed by atoms with E-state index in [1.165, 1.54) is 0 Å². The molecule has 1 saturated carbocycles. The number of rotatable bonds is 3. The van der Waals surface area contributed by atoms with E-state index in [4.69, 9.17) is 4.74 Å². The molecule has 0 aromatic rings. The normalized spacial score (nSPS) is 25.1. The molecular formula is C14H20N2O3. The molecule has 1 atom stereocenters. The number of amides is 1. The number of nitriles is 1. The van der Waals surface area contributed by atoms with Gasteiger partial charge in [0.05, 0.1) is 18.6 Å². The highest BCUT2D eigenvalue weighted by Gasteiger charge is 2.47. The van der Waals surface area contributed by atoms with E-state index in [1.807, 2.05) is 0 Å². The van der Waals surface area contributed by atoms with Crippen LogP contribution in [0.3, 0.4) is 0 Å². The number of hydrogen-bond donors (Lipinski definition) is 0. The van der Waals surface area contributed by atoms with Crippen LogP contribution in [-0.4, -0.2) is 36.5 Å². The molecule has 2 rings (SSSR count). The van der Waals surface area contributed by atoms with Crippen molar-refractivity contribution in [3.63, 3.8) is 0 Å². The van der Waals surface area contributed by atoms with E-state index in [0.717, 1.165) is 19.3 Å². The fourth-order valence-corrected chi connectivity index (χ4v) is 2.82.